The summed E-state index contributed by atoms with van der Waals surface area (Å²) in [5.41, 5.74) is 2.25. The van der Waals surface area contributed by atoms with Crippen molar-refractivity contribution in [3.8, 4) is 5.75 Å². The van der Waals surface area contributed by atoms with Crippen molar-refractivity contribution in [1.82, 2.24) is 5.32 Å². The molecule has 1 N–H and O–H groups in total. The molecular weight excluding hydrogens is 266 g/mol. The molecule has 1 fully saturated rings. The van der Waals surface area contributed by atoms with E-state index in [1.54, 1.807) is 0 Å². The van der Waals surface area contributed by atoms with Gasteiger partial charge in [0.05, 0.1) is 32.5 Å². The summed E-state index contributed by atoms with van der Waals surface area (Å²) in [6, 6.07) is 3.98. The standard InChI is InChI=1S/C14H18ClNO3/c1-16-13(12-8-17-4-5-18-12)11-7-10(15)6-9-2-3-19-14(9)11/h6-7,12-13,16H,2-5,8H2,1H3. The first-order valence-electron chi connectivity index (χ1n) is 6.61. The molecule has 0 radical (unpaired) electrons. The van der Waals surface area contributed by atoms with Crippen LogP contribution in [-0.4, -0.2) is 39.6 Å². The zero-order valence-electron chi connectivity index (χ0n) is 10.9. The van der Waals surface area contributed by atoms with E-state index in [0.717, 1.165) is 29.4 Å². The van der Waals surface area contributed by atoms with Crippen LogP contribution in [0.3, 0.4) is 0 Å². The first-order valence-corrected chi connectivity index (χ1v) is 6.99. The lowest BCUT2D eigenvalue weighted by Gasteiger charge is -2.31. The van der Waals surface area contributed by atoms with Crippen molar-refractivity contribution in [3.05, 3.63) is 28.3 Å². The minimum Gasteiger partial charge on any atom is -0.493 e. The number of nitrogens with one attached hydrogen (secondary N) is 1. The van der Waals surface area contributed by atoms with Gasteiger partial charge < -0.3 is 19.5 Å². The Balaban J connectivity index is 1.94. The molecule has 1 saturated heterocycles. The second kappa shape index (κ2) is 5.67. The normalized spacial score (nSPS) is 23.8. The quantitative estimate of drug-likeness (QED) is 0.920. The summed E-state index contributed by atoms with van der Waals surface area (Å²) >= 11 is 6.21. The van der Waals surface area contributed by atoms with Crippen molar-refractivity contribution < 1.29 is 14.2 Å². The lowest BCUT2D eigenvalue weighted by molar-refractivity contribution is -0.101. The average Bonchev–Trinajstić information content (AvgIpc) is 2.89. The highest BCUT2D eigenvalue weighted by molar-refractivity contribution is 6.30. The van der Waals surface area contributed by atoms with Gasteiger partial charge in [-0.2, -0.15) is 0 Å². The molecule has 2 atom stereocenters. The molecule has 0 aliphatic carbocycles. The van der Waals surface area contributed by atoms with Crippen LogP contribution in [0.2, 0.25) is 5.02 Å². The highest BCUT2D eigenvalue weighted by atomic mass is 35.5. The van der Waals surface area contributed by atoms with Crippen molar-refractivity contribution >= 4 is 11.6 Å². The Kier molecular flexibility index (Phi) is 3.93. The van der Waals surface area contributed by atoms with Gasteiger partial charge in [-0.3, -0.25) is 0 Å². The Morgan fingerprint density at radius 1 is 1.32 bits per heavy atom. The van der Waals surface area contributed by atoms with Gasteiger partial charge in [0.1, 0.15) is 11.9 Å². The van der Waals surface area contributed by atoms with E-state index in [1.165, 1.54) is 5.56 Å². The van der Waals surface area contributed by atoms with Crippen LogP contribution in [0.15, 0.2) is 12.1 Å². The van der Waals surface area contributed by atoms with Crippen LogP contribution >= 0.6 is 11.6 Å². The fraction of sp³-hybridized carbons (Fsp3) is 0.571. The van der Waals surface area contributed by atoms with Gasteiger partial charge in [0.15, 0.2) is 0 Å². The molecule has 104 valence electrons. The summed E-state index contributed by atoms with van der Waals surface area (Å²) in [5, 5.41) is 4.05. The minimum absolute atomic E-state index is 0.00878. The van der Waals surface area contributed by atoms with E-state index in [9.17, 15) is 0 Å². The van der Waals surface area contributed by atoms with Crippen LogP contribution in [0.25, 0.3) is 0 Å². The Morgan fingerprint density at radius 2 is 2.21 bits per heavy atom. The maximum atomic E-state index is 6.21. The molecule has 4 nitrogen and oxygen atoms in total. The molecule has 2 unspecified atom stereocenters. The fourth-order valence-corrected chi connectivity index (χ4v) is 3.02. The molecule has 3 rings (SSSR count). The molecule has 0 spiro atoms. The molecule has 2 aliphatic heterocycles. The SMILES string of the molecule is CNC(c1cc(Cl)cc2c1OCC2)C1COCCO1. The Bertz CT molecular complexity index is 460. The molecule has 0 saturated carbocycles. The van der Waals surface area contributed by atoms with Crippen LogP contribution in [0.1, 0.15) is 17.2 Å². The predicted molar refractivity (Wildman–Crippen MR) is 73.0 cm³/mol. The fourth-order valence-electron chi connectivity index (χ4n) is 2.77. The molecule has 2 heterocycles. The number of hydrogen-bond donors (Lipinski definition) is 1. The number of hydrogen-bond acceptors (Lipinski definition) is 4. The summed E-state index contributed by atoms with van der Waals surface area (Å²) in [6.07, 6.45) is 0.909. The molecule has 0 aromatic heterocycles. The van der Waals surface area contributed by atoms with Crippen molar-refractivity contribution in [2.45, 2.75) is 18.6 Å². The zero-order chi connectivity index (χ0) is 13.2. The van der Waals surface area contributed by atoms with E-state index in [-0.39, 0.29) is 12.1 Å². The van der Waals surface area contributed by atoms with Crippen molar-refractivity contribution in [2.75, 3.05) is 33.5 Å². The van der Waals surface area contributed by atoms with Gasteiger partial charge in [0, 0.05) is 17.0 Å². The van der Waals surface area contributed by atoms with Gasteiger partial charge in [0.25, 0.3) is 0 Å². The summed E-state index contributed by atoms with van der Waals surface area (Å²) < 4.78 is 17.1. The molecule has 0 amide bonds. The van der Waals surface area contributed by atoms with E-state index in [2.05, 4.69) is 5.32 Å². The molecule has 5 heteroatoms. The number of halogens is 1. The van der Waals surface area contributed by atoms with Crippen LogP contribution in [0, 0.1) is 0 Å². The minimum atomic E-state index is -0.00878. The second-order valence-electron chi connectivity index (χ2n) is 4.83. The largest absolute Gasteiger partial charge is 0.493 e. The van der Waals surface area contributed by atoms with Gasteiger partial charge in [0.2, 0.25) is 0 Å². The van der Waals surface area contributed by atoms with Crippen molar-refractivity contribution in [1.29, 1.82) is 0 Å². The van der Waals surface area contributed by atoms with E-state index in [0.29, 0.717) is 19.8 Å². The van der Waals surface area contributed by atoms with Crippen LogP contribution in [0.5, 0.6) is 5.75 Å². The average molecular weight is 284 g/mol. The molecule has 19 heavy (non-hydrogen) atoms. The molecule has 1 aromatic rings. The molecular formula is C14H18ClNO3. The smallest absolute Gasteiger partial charge is 0.127 e. The summed E-state index contributed by atoms with van der Waals surface area (Å²) in [5.74, 6) is 0.956. The third kappa shape index (κ3) is 2.58. The Hall–Kier alpha value is -0.810. The number of benzene rings is 1. The Labute approximate surface area is 118 Å². The number of ether oxygens (including phenoxy) is 3. The molecule has 0 bridgehead atoms. The van der Waals surface area contributed by atoms with Crippen LogP contribution < -0.4 is 10.1 Å². The second-order valence-corrected chi connectivity index (χ2v) is 5.27. The highest BCUT2D eigenvalue weighted by Gasteiger charge is 2.30. The summed E-state index contributed by atoms with van der Waals surface area (Å²) in [7, 11) is 1.92. The number of fused-ring (bicyclic) bond motifs is 1. The first-order chi connectivity index (χ1) is 9.29. The third-order valence-corrected chi connectivity index (χ3v) is 3.85. The van der Waals surface area contributed by atoms with E-state index in [4.69, 9.17) is 25.8 Å². The highest BCUT2D eigenvalue weighted by Crippen LogP contribution is 2.38. The van der Waals surface area contributed by atoms with Crippen LogP contribution in [0.4, 0.5) is 0 Å². The summed E-state index contributed by atoms with van der Waals surface area (Å²) in [4.78, 5) is 0. The van der Waals surface area contributed by atoms with Crippen molar-refractivity contribution in [3.63, 3.8) is 0 Å². The van der Waals surface area contributed by atoms with Gasteiger partial charge >= 0.3 is 0 Å². The van der Waals surface area contributed by atoms with Crippen LogP contribution in [-0.2, 0) is 15.9 Å². The van der Waals surface area contributed by atoms with Gasteiger partial charge in [-0.25, -0.2) is 0 Å². The van der Waals surface area contributed by atoms with Gasteiger partial charge in [-0.15, -0.1) is 0 Å². The first kappa shape index (κ1) is 13.2. The maximum Gasteiger partial charge on any atom is 0.127 e. The monoisotopic (exact) mass is 283 g/mol. The number of likely N-dealkylation sites (N-methyl/N-ethyl adjacent to an activating group) is 1. The van der Waals surface area contributed by atoms with Crippen molar-refractivity contribution in [2.24, 2.45) is 0 Å². The summed E-state index contributed by atoms with van der Waals surface area (Å²) in [6.45, 7) is 2.61. The molecule has 1 aromatic carbocycles. The molecule has 2 aliphatic rings. The van der Waals surface area contributed by atoms with E-state index in [1.807, 2.05) is 19.2 Å². The van der Waals surface area contributed by atoms with Gasteiger partial charge in [-0.05, 0) is 24.7 Å². The zero-order valence-corrected chi connectivity index (χ0v) is 11.7. The Morgan fingerprint density at radius 3 is 2.95 bits per heavy atom. The third-order valence-electron chi connectivity index (χ3n) is 3.64. The lowest BCUT2D eigenvalue weighted by Crippen LogP contribution is -2.39. The van der Waals surface area contributed by atoms with E-state index >= 15 is 0 Å². The lowest BCUT2D eigenvalue weighted by atomic mass is 9.97. The van der Waals surface area contributed by atoms with E-state index < -0.39 is 0 Å². The predicted octanol–water partition coefficient (Wildman–Crippen LogP) is 1.95. The maximum absolute atomic E-state index is 6.21. The number of rotatable bonds is 3. The topological polar surface area (TPSA) is 39.7 Å². The van der Waals surface area contributed by atoms with Gasteiger partial charge in [-0.1, -0.05) is 11.6 Å².